The summed E-state index contributed by atoms with van der Waals surface area (Å²) in [5, 5.41) is 4.76. The van der Waals surface area contributed by atoms with E-state index in [1.54, 1.807) is 17.0 Å². The van der Waals surface area contributed by atoms with E-state index in [9.17, 15) is 9.59 Å². The van der Waals surface area contributed by atoms with Gasteiger partial charge in [0.15, 0.2) is 6.10 Å². The van der Waals surface area contributed by atoms with Crippen LogP contribution in [-0.2, 0) is 11.3 Å². The van der Waals surface area contributed by atoms with Crippen molar-refractivity contribution < 1.29 is 14.3 Å². The van der Waals surface area contributed by atoms with E-state index in [2.05, 4.69) is 5.32 Å². The van der Waals surface area contributed by atoms with Gasteiger partial charge in [0, 0.05) is 6.54 Å². The second-order valence-corrected chi connectivity index (χ2v) is 7.12. The van der Waals surface area contributed by atoms with Crippen molar-refractivity contribution in [3.63, 3.8) is 0 Å². The Labute approximate surface area is 161 Å². The standard InChI is InChI=1S/C21H18N2O3S/c24-20(22-13-15-7-2-1-3-8-15)18-14-23(21(25)19-11-6-12-27-19)16-9-4-5-10-17(16)26-18/h1-12,18H,13-14H2,(H,22,24). The van der Waals surface area contributed by atoms with Gasteiger partial charge in [-0.3, -0.25) is 14.5 Å². The van der Waals surface area contributed by atoms with Gasteiger partial charge in [-0.1, -0.05) is 48.5 Å². The Hall–Kier alpha value is -3.12. The lowest BCUT2D eigenvalue weighted by Crippen LogP contribution is -2.50. The maximum Gasteiger partial charge on any atom is 0.268 e. The number of thiophene rings is 1. The van der Waals surface area contributed by atoms with Crippen molar-refractivity contribution in [3.05, 3.63) is 82.6 Å². The zero-order chi connectivity index (χ0) is 18.6. The molecule has 1 unspecified atom stereocenters. The van der Waals surface area contributed by atoms with E-state index < -0.39 is 6.10 Å². The molecule has 0 bridgehead atoms. The molecule has 0 saturated heterocycles. The van der Waals surface area contributed by atoms with Crippen molar-refractivity contribution in [3.8, 4) is 5.75 Å². The molecule has 1 atom stereocenters. The Kier molecular flexibility index (Phi) is 4.89. The largest absolute Gasteiger partial charge is 0.477 e. The molecule has 0 spiro atoms. The SMILES string of the molecule is O=C(NCc1ccccc1)C1CN(C(=O)c2cccs2)c2ccccc2O1. The van der Waals surface area contributed by atoms with Gasteiger partial charge in [-0.05, 0) is 29.1 Å². The Bertz CT molecular complexity index is 941. The normalized spacial score (nSPS) is 15.6. The number of nitrogens with zero attached hydrogens (tertiary/aromatic N) is 1. The second-order valence-electron chi connectivity index (χ2n) is 6.17. The van der Waals surface area contributed by atoms with E-state index >= 15 is 0 Å². The highest BCUT2D eigenvalue weighted by atomic mass is 32.1. The van der Waals surface area contributed by atoms with Crippen molar-refractivity contribution in [1.82, 2.24) is 5.32 Å². The van der Waals surface area contributed by atoms with Gasteiger partial charge in [-0.2, -0.15) is 0 Å². The predicted molar refractivity (Wildman–Crippen MR) is 105 cm³/mol. The number of carbonyl (C=O) groups excluding carboxylic acids is 2. The van der Waals surface area contributed by atoms with Gasteiger partial charge in [0.1, 0.15) is 5.75 Å². The zero-order valence-corrected chi connectivity index (χ0v) is 15.3. The molecule has 4 rings (SSSR count). The van der Waals surface area contributed by atoms with Crippen molar-refractivity contribution in [1.29, 1.82) is 0 Å². The fraction of sp³-hybridized carbons (Fsp3) is 0.143. The van der Waals surface area contributed by atoms with Gasteiger partial charge in [-0.25, -0.2) is 0 Å². The third-order valence-corrected chi connectivity index (χ3v) is 5.21. The first-order valence-electron chi connectivity index (χ1n) is 8.65. The van der Waals surface area contributed by atoms with Crippen LogP contribution in [0.5, 0.6) is 5.75 Å². The van der Waals surface area contributed by atoms with E-state index in [1.165, 1.54) is 11.3 Å². The molecule has 3 aromatic rings. The van der Waals surface area contributed by atoms with Gasteiger partial charge in [0.05, 0.1) is 17.1 Å². The van der Waals surface area contributed by atoms with Crippen LogP contribution in [-0.4, -0.2) is 24.5 Å². The summed E-state index contributed by atoms with van der Waals surface area (Å²) in [6.45, 7) is 0.592. The topological polar surface area (TPSA) is 58.6 Å². The summed E-state index contributed by atoms with van der Waals surface area (Å²) in [7, 11) is 0. The third kappa shape index (κ3) is 3.71. The van der Waals surface area contributed by atoms with Gasteiger partial charge >= 0.3 is 0 Å². The second kappa shape index (κ2) is 7.63. The number of carbonyl (C=O) groups is 2. The summed E-state index contributed by atoms with van der Waals surface area (Å²) >= 11 is 1.38. The van der Waals surface area contributed by atoms with Crippen LogP contribution in [0.15, 0.2) is 72.1 Å². The molecule has 0 saturated carbocycles. The Morgan fingerprint density at radius 1 is 1.04 bits per heavy atom. The molecule has 2 heterocycles. The van der Waals surface area contributed by atoms with Crippen LogP contribution in [0.1, 0.15) is 15.2 Å². The smallest absolute Gasteiger partial charge is 0.268 e. The van der Waals surface area contributed by atoms with Crippen molar-refractivity contribution in [2.24, 2.45) is 0 Å². The third-order valence-electron chi connectivity index (χ3n) is 4.35. The van der Waals surface area contributed by atoms with Crippen LogP contribution in [0.4, 0.5) is 5.69 Å². The van der Waals surface area contributed by atoms with E-state index in [0.717, 1.165) is 5.56 Å². The minimum atomic E-state index is -0.757. The highest BCUT2D eigenvalue weighted by Crippen LogP contribution is 2.34. The molecular formula is C21H18N2O3S. The number of hydrogen-bond donors (Lipinski definition) is 1. The van der Waals surface area contributed by atoms with E-state index in [0.29, 0.717) is 22.9 Å². The van der Waals surface area contributed by atoms with Crippen LogP contribution >= 0.6 is 11.3 Å². The van der Waals surface area contributed by atoms with Crippen LogP contribution in [0.2, 0.25) is 0 Å². The van der Waals surface area contributed by atoms with Gasteiger partial charge < -0.3 is 10.1 Å². The molecule has 1 aromatic heterocycles. The maximum absolute atomic E-state index is 12.9. The predicted octanol–water partition coefficient (Wildman–Crippen LogP) is 3.47. The number of nitrogens with one attached hydrogen (secondary N) is 1. The first kappa shape index (κ1) is 17.3. The fourth-order valence-corrected chi connectivity index (χ4v) is 3.67. The van der Waals surface area contributed by atoms with Crippen LogP contribution in [0.3, 0.4) is 0 Å². The molecule has 0 aliphatic carbocycles. The van der Waals surface area contributed by atoms with Crippen LogP contribution < -0.4 is 15.0 Å². The summed E-state index contributed by atoms with van der Waals surface area (Å²) < 4.78 is 5.88. The van der Waals surface area contributed by atoms with Crippen LogP contribution in [0, 0.1) is 0 Å². The summed E-state index contributed by atoms with van der Waals surface area (Å²) in [5.74, 6) is 0.174. The zero-order valence-electron chi connectivity index (χ0n) is 14.5. The maximum atomic E-state index is 12.9. The number of amides is 2. The lowest BCUT2D eigenvalue weighted by atomic mass is 10.1. The summed E-state index contributed by atoms with van der Waals surface area (Å²) in [5.41, 5.74) is 1.69. The quantitative estimate of drug-likeness (QED) is 0.756. The Morgan fingerprint density at radius 2 is 1.81 bits per heavy atom. The van der Waals surface area contributed by atoms with Crippen molar-refractivity contribution in [2.75, 3.05) is 11.4 Å². The van der Waals surface area contributed by atoms with Gasteiger partial charge in [-0.15, -0.1) is 11.3 Å². The van der Waals surface area contributed by atoms with Crippen molar-refractivity contribution >= 4 is 28.8 Å². The minimum Gasteiger partial charge on any atom is -0.477 e. The molecule has 136 valence electrons. The Balaban J connectivity index is 1.53. The molecule has 0 fully saturated rings. The number of fused-ring (bicyclic) bond motifs is 1. The molecule has 1 aliphatic rings. The molecule has 1 aliphatic heterocycles. The Morgan fingerprint density at radius 3 is 2.59 bits per heavy atom. The summed E-state index contributed by atoms with van der Waals surface area (Å²) in [6, 6.07) is 20.6. The average Bonchev–Trinajstić information content (AvgIpc) is 3.26. The fourth-order valence-electron chi connectivity index (χ4n) is 3.00. The van der Waals surface area contributed by atoms with E-state index in [-0.39, 0.29) is 18.4 Å². The summed E-state index contributed by atoms with van der Waals surface area (Å²) in [4.78, 5) is 27.8. The average molecular weight is 378 g/mol. The molecule has 27 heavy (non-hydrogen) atoms. The molecule has 0 radical (unpaired) electrons. The van der Waals surface area contributed by atoms with E-state index in [4.69, 9.17) is 4.74 Å². The highest BCUT2D eigenvalue weighted by Gasteiger charge is 2.34. The number of ether oxygens (including phenoxy) is 1. The molecular weight excluding hydrogens is 360 g/mol. The van der Waals surface area contributed by atoms with Crippen molar-refractivity contribution in [2.45, 2.75) is 12.6 Å². The van der Waals surface area contributed by atoms with Gasteiger partial charge in [0.2, 0.25) is 0 Å². The number of para-hydroxylation sites is 2. The molecule has 6 heteroatoms. The van der Waals surface area contributed by atoms with E-state index in [1.807, 2.05) is 60.0 Å². The number of anilines is 1. The number of benzene rings is 2. The first-order chi connectivity index (χ1) is 13.2. The molecule has 2 aromatic carbocycles. The minimum absolute atomic E-state index is 0.124. The van der Waals surface area contributed by atoms with Gasteiger partial charge in [0.25, 0.3) is 11.8 Å². The first-order valence-corrected chi connectivity index (χ1v) is 9.53. The highest BCUT2D eigenvalue weighted by molar-refractivity contribution is 7.12. The number of rotatable bonds is 4. The molecule has 2 amide bonds. The monoisotopic (exact) mass is 378 g/mol. The lowest BCUT2D eigenvalue weighted by molar-refractivity contribution is -0.127. The molecule has 5 nitrogen and oxygen atoms in total. The summed E-state index contributed by atoms with van der Waals surface area (Å²) in [6.07, 6.45) is -0.757. The lowest BCUT2D eigenvalue weighted by Gasteiger charge is -2.34. The molecule has 1 N–H and O–H groups in total. The van der Waals surface area contributed by atoms with Crippen LogP contribution in [0.25, 0.3) is 0 Å². The number of hydrogen-bond acceptors (Lipinski definition) is 4.